The van der Waals surface area contributed by atoms with E-state index in [9.17, 15) is 14.4 Å². The third-order valence-corrected chi connectivity index (χ3v) is 5.85. The molecule has 3 amide bonds. The number of nitrogens with zero attached hydrogens (tertiary/aromatic N) is 2. The number of benzene rings is 1. The monoisotopic (exact) mass is 388 g/mol. The van der Waals surface area contributed by atoms with Gasteiger partial charge in [-0.15, -0.1) is 0 Å². The lowest BCUT2D eigenvalue weighted by Crippen LogP contribution is -2.62. The van der Waals surface area contributed by atoms with Gasteiger partial charge < -0.3 is 4.90 Å². The number of amides is 3. The molecule has 2 heterocycles. The molecular weight excluding hydrogens is 372 g/mol. The van der Waals surface area contributed by atoms with Crippen LogP contribution in [0, 0.1) is 11.8 Å². The first-order valence-electron chi connectivity index (χ1n) is 8.13. The van der Waals surface area contributed by atoms with Crippen LogP contribution < -0.4 is 0 Å². The smallest absolute Gasteiger partial charge is 0.255 e. The summed E-state index contributed by atoms with van der Waals surface area (Å²) in [6.07, 6.45) is 5.27. The van der Waals surface area contributed by atoms with Crippen molar-refractivity contribution in [2.45, 2.75) is 18.9 Å². The van der Waals surface area contributed by atoms with Crippen molar-refractivity contribution in [1.82, 2.24) is 9.80 Å². The summed E-state index contributed by atoms with van der Waals surface area (Å²) in [7, 11) is 0. The van der Waals surface area contributed by atoms with Crippen LogP contribution in [0.5, 0.6) is 0 Å². The van der Waals surface area contributed by atoms with E-state index in [1.807, 2.05) is 30.4 Å². The SMILES string of the molecule is O=C(c1ccccc1Br)N1CC(N2C(=O)C3CC=CCC3C2=O)C1. The number of imide groups is 1. The molecule has 5 nitrogen and oxygen atoms in total. The molecule has 0 saturated carbocycles. The summed E-state index contributed by atoms with van der Waals surface area (Å²) < 4.78 is 0.754. The minimum absolute atomic E-state index is 0.0626. The minimum atomic E-state index is -0.199. The van der Waals surface area contributed by atoms with Gasteiger partial charge in [0.25, 0.3) is 5.91 Å². The maximum absolute atomic E-state index is 12.5. The Morgan fingerprint density at radius 2 is 1.58 bits per heavy atom. The highest BCUT2D eigenvalue weighted by molar-refractivity contribution is 9.10. The molecule has 0 spiro atoms. The van der Waals surface area contributed by atoms with Crippen LogP contribution in [0.1, 0.15) is 23.2 Å². The molecule has 124 valence electrons. The van der Waals surface area contributed by atoms with E-state index in [0.29, 0.717) is 31.5 Å². The van der Waals surface area contributed by atoms with E-state index in [0.717, 1.165) is 4.47 Å². The molecule has 2 aliphatic heterocycles. The zero-order valence-corrected chi connectivity index (χ0v) is 14.6. The molecule has 2 unspecified atom stereocenters. The van der Waals surface area contributed by atoms with Gasteiger partial charge in [-0.1, -0.05) is 24.3 Å². The molecule has 3 aliphatic rings. The number of carbonyl (C=O) groups excluding carboxylic acids is 3. The molecule has 0 radical (unpaired) electrons. The van der Waals surface area contributed by atoms with Crippen LogP contribution in [0.4, 0.5) is 0 Å². The molecule has 1 aliphatic carbocycles. The molecule has 0 N–H and O–H groups in total. The molecule has 0 aromatic heterocycles. The number of fused-ring (bicyclic) bond motifs is 1. The first-order chi connectivity index (χ1) is 11.6. The van der Waals surface area contributed by atoms with Gasteiger partial charge in [-0.2, -0.15) is 0 Å². The Morgan fingerprint density at radius 1 is 1.00 bits per heavy atom. The highest BCUT2D eigenvalue weighted by Gasteiger charge is 2.52. The largest absolute Gasteiger partial charge is 0.334 e. The summed E-state index contributed by atoms with van der Waals surface area (Å²) >= 11 is 3.39. The molecule has 4 rings (SSSR count). The highest BCUT2D eigenvalue weighted by Crippen LogP contribution is 2.37. The summed E-state index contributed by atoms with van der Waals surface area (Å²) in [5.74, 6) is -0.595. The van der Waals surface area contributed by atoms with Gasteiger partial charge in [-0.3, -0.25) is 19.3 Å². The first-order valence-corrected chi connectivity index (χ1v) is 8.93. The average molecular weight is 389 g/mol. The third-order valence-electron chi connectivity index (χ3n) is 5.16. The quantitative estimate of drug-likeness (QED) is 0.576. The van der Waals surface area contributed by atoms with Gasteiger partial charge in [0, 0.05) is 17.6 Å². The van der Waals surface area contributed by atoms with Crippen LogP contribution in [0.3, 0.4) is 0 Å². The zero-order valence-electron chi connectivity index (χ0n) is 13.0. The number of likely N-dealkylation sites (tertiary alicyclic amines) is 2. The van der Waals surface area contributed by atoms with E-state index in [1.165, 1.54) is 4.90 Å². The predicted molar refractivity (Wildman–Crippen MR) is 91.0 cm³/mol. The summed E-state index contributed by atoms with van der Waals surface area (Å²) in [6, 6.07) is 7.10. The summed E-state index contributed by atoms with van der Waals surface area (Å²) in [5.41, 5.74) is 0.605. The summed E-state index contributed by atoms with van der Waals surface area (Å²) in [6.45, 7) is 0.842. The first kappa shape index (κ1) is 15.6. The second-order valence-corrected chi connectivity index (χ2v) is 7.40. The van der Waals surface area contributed by atoms with Crippen molar-refractivity contribution in [2.24, 2.45) is 11.8 Å². The van der Waals surface area contributed by atoms with Gasteiger partial charge in [-0.25, -0.2) is 0 Å². The minimum Gasteiger partial charge on any atom is -0.334 e. The van der Waals surface area contributed by atoms with Gasteiger partial charge in [0.05, 0.1) is 23.4 Å². The number of rotatable bonds is 2. The van der Waals surface area contributed by atoms with Crippen molar-refractivity contribution in [3.8, 4) is 0 Å². The van der Waals surface area contributed by atoms with Crippen LogP contribution in [-0.2, 0) is 9.59 Å². The molecule has 2 saturated heterocycles. The van der Waals surface area contributed by atoms with E-state index in [-0.39, 0.29) is 35.6 Å². The molecule has 6 heteroatoms. The maximum Gasteiger partial charge on any atom is 0.255 e. The predicted octanol–water partition coefficient (Wildman–Crippen LogP) is 2.22. The lowest BCUT2D eigenvalue weighted by Gasteiger charge is -2.43. The van der Waals surface area contributed by atoms with Gasteiger partial charge in [0.2, 0.25) is 11.8 Å². The second-order valence-electron chi connectivity index (χ2n) is 6.55. The number of carbonyl (C=O) groups is 3. The van der Waals surface area contributed by atoms with Crippen molar-refractivity contribution in [3.63, 3.8) is 0 Å². The molecule has 24 heavy (non-hydrogen) atoms. The standard InChI is InChI=1S/C18H17BrN2O3/c19-15-8-4-3-7-14(15)16(22)20-9-11(10-20)21-17(23)12-5-1-2-6-13(12)18(21)24/h1-4,7-8,11-13H,5-6,9-10H2. The van der Waals surface area contributed by atoms with E-state index in [1.54, 1.807) is 11.0 Å². The fraction of sp³-hybridized carbons (Fsp3) is 0.389. The van der Waals surface area contributed by atoms with Crippen LogP contribution in [0.15, 0.2) is 40.9 Å². The Morgan fingerprint density at radius 3 is 2.17 bits per heavy atom. The number of hydrogen-bond acceptors (Lipinski definition) is 3. The van der Waals surface area contributed by atoms with Crippen LogP contribution in [0.25, 0.3) is 0 Å². The fourth-order valence-corrected chi connectivity index (χ4v) is 4.23. The normalized spacial score (nSPS) is 26.5. The van der Waals surface area contributed by atoms with Gasteiger partial charge in [-0.05, 0) is 40.9 Å². The Hall–Kier alpha value is -1.95. The summed E-state index contributed by atoms with van der Waals surface area (Å²) in [5, 5.41) is 0. The third kappa shape index (κ3) is 2.32. The van der Waals surface area contributed by atoms with Crippen molar-refractivity contribution >= 4 is 33.7 Å². The van der Waals surface area contributed by atoms with Crippen molar-refractivity contribution in [2.75, 3.05) is 13.1 Å². The molecule has 2 atom stereocenters. The number of hydrogen-bond donors (Lipinski definition) is 0. The number of allylic oxidation sites excluding steroid dienone is 2. The lowest BCUT2D eigenvalue weighted by molar-refractivity contribution is -0.145. The highest BCUT2D eigenvalue weighted by atomic mass is 79.9. The molecule has 1 aromatic carbocycles. The van der Waals surface area contributed by atoms with E-state index < -0.39 is 0 Å². The average Bonchev–Trinajstić information content (AvgIpc) is 2.79. The second kappa shape index (κ2) is 5.84. The van der Waals surface area contributed by atoms with Crippen molar-refractivity contribution in [3.05, 3.63) is 46.5 Å². The van der Waals surface area contributed by atoms with Crippen LogP contribution in [-0.4, -0.2) is 46.7 Å². The lowest BCUT2D eigenvalue weighted by atomic mass is 9.85. The molecule has 1 aromatic rings. The van der Waals surface area contributed by atoms with Crippen molar-refractivity contribution < 1.29 is 14.4 Å². The van der Waals surface area contributed by atoms with E-state index in [2.05, 4.69) is 15.9 Å². The maximum atomic E-state index is 12.5. The molecule has 0 bridgehead atoms. The molecule has 2 fully saturated rings. The zero-order chi connectivity index (χ0) is 16.8. The molecular formula is C18H17BrN2O3. The Bertz CT molecular complexity index is 728. The van der Waals surface area contributed by atoms with Crippen LogP contribution >= 0.6 is 15.9 Å². The van der Waals surface area contributed by atoms with Gasteiger partial charge >= 0.3 is 0 Å². The van der Waals surface area contributed by atoms with Gasteiger partial charge in [0.15, 0.2) is 0 Å². The van der Waals surface area contributed by atoms with E-state index in [4.69, 9.17) is 0 Å². The number of halogens is 1. The van der Waals surface area contributed by atoms with Gasteiger partial charge in [0.1, 0.15) is 0 Å². The topological polar surface area (TPSA) is 57.7 Å². The summed E-state index contributed by atoms with van der Waals surface area (Å²) in [4.78, 5) is 40.7. The Balaban J connectivity index is 1.45. The Labute approximate surface area is 148 Å². The Kier molecular flexibility index (Phi) is 3.79. The fourth-order valence-electron chi connectivity index (χ4n) is 3.78. The van der Waals surface area contributed by atoms with Crippen LogP contribution in [0.2, 0.25) is 0 Å². The van der Waals surface area contributed by atoms with E-state index >= 15 is 0 Å². The van der Waals surface area contributed by atoms with Crippen molar-refractivity contribution in [1.29, 1.82) is 0 Å².